The fraction of sp³-hybridized carbons (Fsp3) is 0.640. The zero-order valence-corrected chi connectivity index (χ0v) is 18.6. The molecule has 3 amide bonds. The lowest BCUT2D eigenvalue weighted by Crippen LogP contribution is -2.59. The summed E-state index contributed by atoms with van der Waals surface area (Å²) in [4.78, 5) is 41.8. The third-order valence-electron chi connectivity index (χ3n) is 8.58. The van der Waals surface area contributed by atoms with Gasteiger partial charge in [0.05, 0.1) is 0 Å². The molecule has 6 rings (SSSR count). The van der Waals surface area contributed by atoms with Gasteiger partial charge in [0.25, 0.3) is 5.91 Å². The van der Waals surface area contributed by atoms with Crippen LogP contribution >= 0.6 is 0 Å². The molecule has 3 unspecified atom stereocenters. The van der Waals surface area contributed by atoms with E-state index in [2.05, 4.69) is 27.7 Å². The second-order valence-corrected chi connectivity index (χ2v) is 10.5. The van der Waals surface area contributed by atoms with Crippen LogP contribution in [0.2, 0.25) is 0 Å². The third kappa shape index (κ3) is 3.28. The average molecular weight is 437 g/mol. The summed E-state index contributed by atoms with van der Waals surface area (Å²) >= 11 is 0. The standard InChI is InChI=1S/C25H32N4O3/c30-21-9-8-20(23(31)27-21)29-15-17-5-3-4-16(22(17)24(29)32)14-28-11-2-1-10-25(28)12-18-6-7-19(13-25)26-18/h3-5,18-20,26H,1-2,6-15H2,(H,27,30,31). The summed E-state index contributed by atoms with van der Waals surface area (Å²) in [5.74, 6) is -0.645. The highest BCUT2D eigenvalue weighted by atomic mass is 16.2. The molecule has 0 saturated carbocycles. The van der Waals surface area contributed by atoms with Crippen molar-refractivity contribution in [3.8, 4) is 0 Å². The van der Waals surface area contributed by atoms with Gasteiger partial charge in [0, 0.05) is 42.7 Å². The Morgan fingerprint density at radius 2 is 1.84 bits per heavy atom. The number of benzene rings is 1. The first-order valence-electron chi connectivity index (χ1n) is 12.3. The van der Waals surface area contributed by atoms with Gasteiger partial charge in [0.1, 0.15) is 6.04 Å². The summed E-state index contributed by atoms with van der Waals surface area (Å²) in [6.07, 6.45) is 9.49. The number of imide groups is 1. The first kappa shape index (κ1) is 20.4. The molecule has 32 heavy (non-hydrogen) atoms. The second kappa shape index (κ2) is 7.66. The average Bonchev–Trinajstić information content (AvgIpc) is 3.29. The molecule has 4 fully saturated rings. The number of nitrogens with zero attached hydrogens (tertiary/aromatic N) is 2. The Morgan fingerprint density at radius 1 is 1.03 bits per heavy atom. The maximum Gasteiger partial charge on any atom is 0.255 e. The molecule has 1 aromatic rings. The molecule has 3 atom stereocenters. The number of piperidine rings is 3. The van der Waals surface area contributed by atoms with Crippen molar-refractivity contribution in [3.63, 3.8) is 0 Å². The minimum atomic E-state index is -0.554. The van der Waals surface area contributed by atoms with E-state index in [1.165, 1.54) is 44.9 Å². The lowest BCUT2D eigenvalue weighted by Gasteiger charge is -2.52. The Morgan fingerprint density at radius 3 is 2.62 bits per heavy atom. The fourth-order valence-electron chi connectivity index (χ4n) is 7.11. The molecule has 7 nitrogen and oxygen atoms in total. The van der Waals surface area contributed by atoms with Crippen LogP contribution in [0.3, 0.4) is 0 Å². The number of hydrogen-bond acceptors (Lipinski definition) is 5. The number of rotatable bonds is 3. The molecular formula is C25H32N4O3. The largest absolute Gasteiger partial charge is 0.322 e. The molecule has 2 bridgehead atoms. The Balaban J connectivity index is 1.26. The molecule has 5 aliphatic rings. The van der Waals surface area contributed by atoms with Gasteiger partial charge in [-0.05, 0) is 62.6 Å². The van der Waals surface area contributed by atoms with Crippen molar-refractivity contribution in [2.45, 2.75) is 94.5 Å². The fourth-order valence-corrected chi connectivity index (χ4v) is 7.11. The van der Waals surface area contributed by atoms with Crippen LogP contribution in [-0.2, 0) is 22.7 Å². The second-order valence-electron chi connectivity index (χ2n) is 10.5. The van der Waals surface area contributed by atoms with Gasteiger partial charge < -0.3 is 10.2 Å². The molecule has 5 aliphatic heterocycles. The SMILES string of the molecule is O=C1CCC(N2Cc3cccc(CN4CCCCC45CC4CCC(C5)N4)c3C2=O)C(=O)N1. The Hall–Kier alpha value is -2.25. The quantitative estimate of drug-likeness (QED) is 0.709. The van der Waals surface area contributed by atoms with Crippen LogP contribution in [-0.4, -0.2) is 57.7 Å². The van der Waals surface area contributed by atoms with Gasteiger partial charge >= 0.3 is 0 Å². The Bertz CT molecular complexity index is 964. The van der Waals surface area contributed by atoms with Crippen LogP contribution in [0.5, 0.6) is 0 Å². The van der Waals surface area contributed by atoms with Gasteiger partial charge in [-0.25, -0.2) is 0 Å². The van der Waals surface area contributed by atoms with E-state index in [0.29, 0.717) is 25.0 Å². The summed E-state index contributed by atoms with van der Waals surface area (Å²) in [7, 11) is 0. The maximum atomic E-state index is 13.5. The molecule has 2 N–H and O–H groups in total. The van der Waals surface area contributed by atoms with Gasteiger partial charge in [-0.15, -0.1) is 0 Å². The lowest BCUT2D eigenvalue weighted by molar-refractivity contribution is -0.136. The van der Waals surface area contributed by atoms with Crippen LogP contribution in [0.15, 0.2) is 18.2 Å². The topological polar surface area (TPSA) is 81.8 Å². The number of carbonyl (C=O) groups excluding carboxylic acids is 3. The molecule has 1 spiro atoms. The molecule has 7 heteroatoms. The molecule has 5 heterocycles. The first-order valence-corrected chi connectivity index (χ1v) is 12.3. The van der Waals surface area contributed by atoms with Gasteiger partial charge in [0.15, 0.2) is 0 Å². The van der Waals surface area contributed by atoms with E-state index >= 15 is 0 Å². The van der Waals surface area contributed by atoms with E-state index in [1.54, 1.807) is 4.90 Å². The molecule has 0 aromatic heterocycles. The highest BCUT2D eigenvalue weighted by Crippen LogP contribution is 2.44. The van der Waals surface area contributed by atoms with Crippen LogP contribution < -0.4 is 10.6 Å². The number of likely N-dealkylation sites (tertiary alicyclic amines) is 1. The van der Waals surface area contributed by atoms with Gasteiger partial charge in [-0.1, -0.05) is 24.6 Å². The van der Waals surface area contributed by atoms with Crippen molar-refractivity contribution < 1.29 is 14.4 Å². The zero-order valence-electron chi connectivity index (χ0n) is 18.6. The van der Waals surface area contributed by atoms with E-state index in [4.69, 9.17) is 0 Å². The number of hydrogen-bond donors (Lipinski definition) is 2. The number of nitrogens with one attached hydrogen (secondary N) is 2. The van der Waals surface area contributed by atoms with Crippen molar-refractivity contribution >= 4 is 17.7 Å². The highest BCUT2D eigenvalue weighted by Gasteiger charge is 2.48. The summed E-state index contributed by atoms with van der Waals surface area (Å²) < 4.78 is 0. The number of carbonyl (C=O) groups is 3. The Labute approximate surface area is 188 Å². The minimum Gasteiger partial charge on any atom is -0.322 e. The number of amides is 3. The van der Waals surface area contributed by atoms with E-state index in [9.17, 15) is 14.4 Å². The summed E-state index contributed by atoms with van der Waals surface area (Å²) in [5.41, 5.74) is 3.14. The Kier molecular flexibility index (Phi) is 4.88. The monoisotopic (exact) mass is 436 g/mol. The summed E-state index contributed by atoms with van der Waals surface area (Å²) in [6.45, 7) is 2.35. The smallest absolute Gasteiger partial charge is 0.255 e. The van der Waals surface area contributed by atoms with Crippen molar-refractivity contribution in [2.75, 3.05) is 6.54 Å². The number of fused-ring (bicyclic) bond motifs is 3. The van der Waals surface area contributed by atoms with Gasteiger partial charge in [-0.3, -0.25) is 24.6 Å². The van der Waals surface area contributed by atoms with Crippen LogP contribution in [0.25, 0.3) is 0 Å². The van der Waals surface area contributed by atoms with E-state index in [-0.39, 0.29) is 29.7 Å². The van der Waals surface area contributed by atoms with Crippen LogP contribution in [0, 0.1) is 0 Å². The summed E-state index contributed by atoms with van der Waals surface area (Å²) in [6, 6.07) is 6.89. The minimum absolute atomic E-state index is 0.0541. The maximum absolute atomic E-state index is 13.5. The molecule has 170 valence electrons. The molecule has 0 aliphatic carbocycles. The van der Waals surface area contributed by atoms with Crippen LogP contribution in [0.4, 0.5) is 0 Å². The summed E-state index contributed by atoms with van der Waals surface area (Å²) in [5, 5.41) is 6.20. The molecule has 0 radical (unpaired) electrons. The lowest BCUT2D eigenvalue weighted by atomic mass is 9.76. The molecule has 4 saturated heterocycles. The highest BCUT2D eigenvalue weighted by molar-refractivity contribution is 6.06. The van der Waals surface area contributed by atoms with E-state index < -0.39 is 6.04 Å². The zero-order chi connectivity index (χ0) is 21.9. The van der Waals surface area contributed by atoms with E-state index in [0.717, 1.165) is 29.8 Å². The van der Waals surface area contributed by atoms with E-state index in [1.807, 2.05) is 6.07 Å². The van der Waals surface area contributed by atoms with Crippen molar-refractivity contribution in [3.05, 3.63) is 34.9 Å². The first-order chi connectivity index (χ1) is 15.5. The van der Waals surface area contributed by atoms with Crippen molar-refractivity contribution in [1.29, 1.82) is 0 Å². The molecule has 1 aromatic carbocycles. The third-order valence-corrected chi connectivity index (χ3v) is 8.58. The van der Waals surface area contributed by atoms with Gasteiger partial charge in [-0.2, -0.15) is 0 Å². The van der Waals surface area contributed by atoms with Gasteiger partial charge in [0.2, 0.25) is 11.8 Å². The molecular weight excluding hydrogens is 404 g/mol. The van der Waals surface area contributed by atoms with Crippen molar-refractivity contribution in [2.24, 2.45) is 0 Å². The predicted molar refractivity (Wildman–Crippen MR) is 119 cm³/mol. The van der Waals surface area contributed by atoms with Crippen LogP contribution in [0.1, 0.15) is 79.3 Å². The normalized spacial score (nSPS) is 34.8. The van der Waals surface area contributed by atoms with Crippen molar-refractivity contribution in [1.82, 2.24) is 20.4 Å². The predicted octanol–water partition coefficient (Wildman–Crippen LogP) is 2.09.